The highest BCUT2D eigenvalue weighted by Gasteiger charge is 2.24. The van der Waals surface area contributed by atoms with Crippen LogP contribution in [0, 0.1) is 11.6 Å². The van der Waals surface area contributed by atoms with E-state index in [2.05, 4.69) is 15.4 Å². The highest BCUT2D eigenvalue weighted by molar-refractivity contribution is 6.67. The van der Waals surface area contributed by atoms with Gasteiger partial charge in [-0.2, -0.15) is 5.10 Å². The number of rotatable bonds is 2. The third-order valence-corrected chi connectivity index (χ3v) is 4.31. The minimum absolute atomic E-state index is 0.0760. The van der Waals surface area contributed by atoms with Gasteiger partial charge in [-0.15, -0.1) is 0 Å². The van der Waals surface area contributed by atoms with Crippen LogP contribution in [-0.4, -0.2) is 20.9 Å². The molecule has 5 nitrogen and oxygen atoms in total. The number of hydrogen-bond donors (Lipinski definition) is 1. The van der Waals surface area contributed by atoms with E-state index in [9.17, 15) is 13.6 Å². The Hall–Kier alpha value is -2.77. The first-order chi connectivity index (χ1) is 12.5. The maximum atomic E-state index is 14.2. The van der Waals surface area contributed by atoms with Crippen LogP contribution in [0.1, 0.15) is 15.9 Å². The number of carbonyl (C=O) groups is 1. The molecule has 0 bridgehead atoms. The summed E-state index contributed by atoms with van der Waals surface area (Å²) in [6.07, 6.45) is 1.35. The predicted octanol–water partition coefficient (Wildman–Crippen LogP) is 4.69. The van der Waals surface area contributed by atoms with E-state index in [-0.39, 0.29) is 27.8 Å². The maximum Gasteiger partial charge on any atom is 0.252 e. The summed E-state index contributed by atoms with van der Waals surface area (Å²) in [7, 11) is 0. The first-order valence-electron chi connectivity index (χ1n) is 7.33. The van der Waals surface area contributed by atoms with Gasteiger partial charge in [-0.25, -0.2) is 18.5 Å². The Bertz CT molecular complexity index is 1070. The molecule has 0 radical (unpaired) electrons. The fourth-order valence-electron chi connectivity index (χ4n) is 2.64. The minimum Gasteiger partial charge on any atom is -0.338 e. The summed E-state index contributed by atoms with van der Waals surface area (Å²) in [5.41, 5.74) is 0.729. The normalized spacial score (nSPS) is 12.5. The van der Waals surface area contributed by atoms with Crippen molar-refractivity contribution in [2.45, 2.75) is 0 Å². The standard InChI is InChI=1S/C17H8Cl2F2N4O/c18-9-7-22-25-13-6-8(15(19)26)4-5-12(13)23-16(24-17(9)25)14-10(20)2-1-3-11(14)21/h1-7H,(H,23,24). The van der Waals surface area contributed by atoms with E-state index < -0.39 is 16.9 Å². The molecule has 0 saturated heterocycles. The second-order valence-corrected chi connectivity index (χ2v) is 6.17. The number of aliphatic imine (C=N–C) groups is 1. The van der Waals surface area contributed by atoms with Crippen LogP contribution in [0.15, 0.2) is 47.6 Å². The SMILES string of the molecule is O=C(Cl)c1ccc2c(c1)-n1ncc(Cl)c1N=C(c1c(F)cccc1F)N2. The van der Waals surface area contributed by atoms with Gasteiger partial charge < -0.3 is 5.32 Å². The Morgan fingerprint density at radius 2 is 1.88 bits per heavy atom. The molecule has 0 saturated carbocycles. The average molecular weight is 393 g/mol. The largest absolute Gasteiger partial charge is 0.338 e. The minimum atomic E-state index is -0.783. The summed E-state index contributed by atoms with van der Waals surface area (Å²) in [5.74, 6) is -1.48. The van der Waals surface area contributed by atoms with Gasteiger partial charge in [0.25, 0.3) is 5.24 Å². The topological polar surface area (TPSA) is 59.3 Å². The average Bonchev–Trinajstić information content (AvgIpc) is 2.86. The van der Waals surface area contributed by atoms with Crippen molar-refractivity contribution in [3.8, 4) is 5.69 Å². The fraction of sp³-hybridized carbons (Fsp3) is 0. The molecule has 0 unspecified atom stereocenters. The van der Waals surface area contributed by atoms with Crippen LogP contribution in [0.25, 0.3) is 5.69 Å². The van der Waals surface area contributed by atoms with Crippen LogP contribution in [0.2, 0.25) is 5.02 Å². The Morgan fingerprint density at radius 1 is 1.15 bits per heavy atom. The highest BCUT2D eigenvalue weighted by atomic mass is 35.5. The van der Waals surface area contributed by atoms with Gasteiger partial charge in [-0.1, -0.05) is 17.7 Å². The van der Waals surface area contributed by atoms with E-state index in [1.807, 2.05) is 0 Å². The quantitative estimate of drug-likeness (QED) is 0.643. The number of carbonyl (C=O) groups excluding carboxylic acids is 1. The third-order valence-electron chi connectivity index (χ3n) is 3.82. The smallest absolute Gasteiger partial charge is 0.252 e. The lowest BCUT2D eigenvalue weighted by molar-refractivity contribution is 0.108. The van der Waals surface area contributed by atoms with Crippen molar-refractivity contribution >= 4 is 45.8 Å². The molecule has 130 valence electrons. The number of hydrogen-bond acceptors (Lipinski definition) is 4. The molecular weight excluding hydrogens is 385 g/mol. The van der Waals surface area contributed by atoms with Crippen LogP contribution in [0.4, 0.5) is 20.3 Å². The number of anilines is 1. The summed E-state index contributed by atoms with van der Waals surface area (Å²) in [6, 6.07) is 8.03. The summed E-state index contributed by atoms with van der Waals surface area (Å²) in [4.78, 5) is 15.7. The Balaban J connectivity index is 1.98. The number of halogens is 4. The lowest BCUT2D eigenvalue weighted by atomic mass is 10.1. The molecule has 4 rings (SSSR count). The summed E-state index contributed by atoms with van der Waals surface area (Å²) in [5, 5.41) is 6.53. The summed E-state index contributed by atoms with van der Waals surface area (Å²) in [6.45, 7) is 0. The molecule has 0 aliphatic carbocycles. The molecule has 1 aliphatic rings. The molecule has 0 amide bonds. The molecule has 9 heteroatoms. The van der Waals surface area contributed by atoms with Crippen LogP contribution < -0.4 is 5.32 Å². The Labute approximate surface area is 155 Å². The number of nitrogens with one attached hydrogen (secondary N) is 1. The van der Waals surface area contributed by atoms with Crippen molar-refractivity contribution in [2.24, 2.45) is 4.99 Å². The number of fused-ring (bicyclic) bond motifs is 3. The second kappa shape index (κ2) is 6.19. The fourth-order valence-corrected chi connectivity index (χ4v) is 2.92. The molecule has 1 aromatic heterocycles. The van der Waals surface area contributed by atoms with Gasteiger partial charge in [-0.3, -0.25) is 4.79 Å². The van der Waals surface area contributed by atoms with Crippen LogP contribution in [-0.2, 0) is 0 Å². The van der Waals surface area contributed by atoms with E-state index in [1.165, 1.54) is 29.1 Å². The van der Waals surface area contributed by atoms with Gasteiger partial charge >= 0.3 is 0 Å². The summed E-state index contributed by atoms with van der Waals surface area (Å²) >= 11 is 11.7. The van der Waals surface area contributed by atoms with Gasteiger partial charge in [0.1, 0.15) is 22.5 Å². The first kappa shape index (κ1) is 16.7. The van der Waals surface area contributed by atoms with E-state index >= 15 is 0 Å². The van der Waals surface area contributed by atoms with Crippen LogP contribution in [0.3, 0.4) is 0 Å². The predicted molar refractivity (Wildman–Crippen MR) is 94.9 cm³/mol. The van der Waals surface area contributed by atoms with Crippen molar-refractivity contribution < 1.29 is 13.6 Å². The summed E-state index contributed by atoms with van der Waals surface area (Å²) < 4.78 is 29.8. The molecule has 1 aliphatic heterocycles. The molecule has 2 heterocycles. The number of amidine groups is 1. The third kappa shape index (κ3) is 2.65. The zero-order chi connectivity index (χ0) is 18.4. The van der Waals surface area contributed by atoms with E-state index in [0.29, 0.717) is 11.4 Å². The first-order valence-corrected chi connectivity index (χ1v) is 8.09. The molecule has 0 spiro atoms. The number of benzene rings is 2. The maximum absolute atomic E-state index is 14.2. The Morgan fingerprint density at radius 3 is 2.58 bits per heavy atom. The van der Waals surface area contributed by atoms with Gasteiger partial charge in [-0.05, 0) is 41.9 Å². The van der Waals surface area contributed by atoms with Crippen molar-refractivity contribution in [3.63, 3.8) is 0 Å². The van der Waals surface area contributed by atoms with Crippen LogP contribution in [0.5, 0.6) is 0 Å². The second-order valence-electron chi connectivity index (χ2n) is 5.42. The van der Waals surface area contributed by atoms with Gasteiger partial charge in [0.2, 0.25) is 0 Å². The van der Waals surface area contributed by atoms with Gasteiger partial charge in [0.15, 0.2) is 5.82 Å². The highest BCUT2D eigenvalue weighted by Crippen LogP contribution is 2.35. The van der Waals surface area contributed by atoms with Gasteiger partial charge in [0.05, 0.1) is 23.1 Å². The Kier molecular flexibility index (Phi) is 3.97. The van der Waals surface area contributed by atoms with Crippen molar-refractivity contribution in [2.75, 3.05) is 5.32 Å². The van der Waals surface area contributed by atoms with Crippen LogP contribution >= 0.6 is 23.2 Å². The van der Waals surface area contributed by atoms with Gasteiger partial charge in [0, 0.05) is 5.56 Å². The van der Waals surface area contributed by atoms with Crippen molar-refractivity contribution in [1.29, 1.82) is 0 Å². The molecule has 2 aromatic carbocycles. The van der Waals surface area contributed by atoms with Crippen molar-refractivity contribution in [1.82, 2.24) is 9.78 Å². The number of nitrogens with zero attached hydrogens (tertiary/aromatic N) is 3. The van der Waals surface area contributed by atoms with E-state index in [4.69, 9.17) is 23.2 Å². The molecular formula is C17H8Cl2F2N4O. The lowest BCUT2D eigenvalue weighted by Crippen LogP contribution is -2.17. The molecule has 0 fully saturated rings. The zero-order valence-electron chi connectivity index (χ0n) is 12.8. The molecule has 0 atom stereocenters. The molecule has 26 heavy (non-hydrogen) atoms. The lowest BCUT2D eigenvalue weighted by Gasteiger charge is -2.12. The van der Waals surface area contributed by atoms with E-state index in [0.717, 1.165) is 12.1 Å². The molecule has 1 N–H and O–H groups in total. The zero-order valence-corrected chi connectivity index (χ0v) is 14.3. The number of aromatic nitrogens is 2. The van der Waals surface area contributed by atoms with Crippen molar-refractivity contribution in [3.05, 3.63) is 70.4 Å². The molecule has 3 aromatic rings. The monoisotopic (exact) mass is 392 g/mol. The van der Waals surface area contributed by atoms with E-state index in [1.54, 1.807) is 6.07 Å².